The van der Waals surface area contributed by atoms with Crippen LogP contribution in [0, 0.1) is 11.8 Å². The molecule has 0 aromatic heterocycles. The minimum absolute atomic E-state index is 0.141. The Hall–Kier alpha value is -2.45. The summed E-state index contributed by atoms with van der Waals surface area (Å²) in [7, 11) is 0. The fourth-order valence-electron chi connectivity index (χ4n) is 7.63. The Kier molecular flexibility index (Phi) is 7.68. The van der Waals surface area contributed by atoms with E-state index in [1.807, 2.05) is 18.2 Å². The molecule has 1 aromatic rings. The summed E-state index contributed by atoms with van der Waals surface area (Å²) in [6.07, 6.45) is 11.3. The van der Waals surface area contributed by atoms with Gasteiger partial charge < -0.3 is 14.4 Å². The normalized spacial score (nSPS) is 32.2. The van der Waals surface area contributed by atoms with Gasteiger partial charge in [0.25, 0.3) is 5.91 Å². The van der Waals surface area contributed by atoms with Crippen molar-refractivity contribution in [3.63, 3.8) is 0 Å². The number of hydrogen-bond acceptors (Lipinski definition) is 6. The van der Waals surface area contributed by atoms with Crippen LogP contribution in [0.2, 0.25) is 0 Å². The zero-order valence-electron chi connectivity index (χ0n) is 23.4. The molecule has 2 saturated heterocycles. The van der Waals surface area contributed by atoms with Gasteiger partial charge in [0.15, 0.2) is 0 Å². The molecule has 5 aliphatic rings. The van der Waals surface area contributed by atoms with E-state index in [9.17, 15) is 14.4 Å². The van der Waals surface area contributed by atoms with E-state index in [0.717, 1.165) is 29.6 Å². The van der Waals surface area contributed by atoms with Crippen molar-refractivity contribution in [2.24, 2.45) is 11.8 Å². The number of benzene rings is 1. The first-order valence-electron chi connectivity index (χ1n) is 15.2. The lowest BCUT2D eigenvalue weighted by atomic mass is 9.74. The number of piperidine rings is 1. The molecule has 8 heteroatoms. The second-order valence-electron chi connectivity index (χ2n) is 12.7. The van der Waals surface area contributed by atoms with E-state index in [1.54, 1.807) is 4.90 Å². The summed E-state index contributed by atoms with van der Waals surface area (Å²) in [6, 6.07) is 5.60. The number of nitrogens with one attached hydrogen (secondary N) is 1. The van der Waals surface area contributed by atoms with Crippen molar-refractivity contribution < 1.29 is 23.9 Å². The van der Waals surface area contributed by atoms with E-state index in [1.165, 1.54) is 58.0 Å². The summed E-state index contributed by atoms with van der Waals surface area (Å²) in [6.45, 7) is 7.02. The van der Waals surface area contributed by atoms with Gasteiger partial charge in [-0.15, -0.1) is 0 Å². The van der Waals surface area contributed by atoms with E-state index in [4.69, 9.17) is 9.47 Å². The van der Waals surface area contributed by atoms with E-state index < -0.39 is 6.04 Å². The molecule has 212 valence electrons. The van der Waals surface area contributed by atoms with Crippen LogP contribution in [-0.4, -0.2) is 71.0 Å². The number of fused-ring (bicyclic) bond motifs is 1. The van der Waals surface area contributed by atoms with Crippen molar-refractivity contribution in [2.75, 3.05) is 13.1 Å². The maximum atomic E-state index is 13.0. The third-order valence-electron chi connectivity index (χ3n) is 9.71. The third-order valence-corrected chi connectivity index (χ3v) is 9.71. The van der Waals surface area contributed by atoms with E-state index in [2.05, 4.69) is 24.1 Å². The van der Waals surface area contributed by atoms with Crippen molar-refractivity contribution in [1.29, 1.82) is 0 Å². The van der Waals surface area contributed by atoms with Gasteiger partial charge in [-0.2, -0.15) is 0 Å². The van der Waals surface area contributed by atoms with Crippen LogP contribution in [0.3, 0.4) is 0 Å². The molecule has 3 heterocycles. The number of carbonyl (C=O) groups is 3. The van der Waals surface area contributed by atoms with Crippen molar-refractivity contribution in [3.8, 4) is 5.75 Å². The maximum Gasteiger partial charge on any atom is 0.255 e. The largest absolute Gasteiger partial charge is 0.489 e. The van der Waals surface area contributed by atoms with E-state index in [-0.39, 0.29) is 30.2 Å². The molecule has 1 N–H and O–H groups in total. The fraction of sp³-hybridized carbons (Fsp3) is 0.710. The standard InChI is InChI=1S/C31H43N3O5/c1-19(2)38-23-9-7-20(8-10-23)22-16-33(17-22)26-5-3-4-6-28(26)39-24-11-12-25-21(15-24)18-34(31(25)37)27-13-14-29(35)32-30(27)36/h11-12,15,19-20,22-23,26-28H,3-10,13-14,16-18H2,1-2H3,(H,32,35,36)/t20?,23?,26-,27?,28-/m0/s1. The van der Waals surface area contributed by atoms with Crippen LogP contribution in [-0.2, 0) is 20.9 Å². The number of carbonyl (C=O) groups excluding carboxylic acids is 3. The van der Waals surface area contributed by atoms with Crippen LogP contribution >= 0.6 is 0 Å². The van der Waals surface area contributed by atoms with Crippen molar-refractivity contribution in [3.05, 3.63) is 29.3 Å². The van der Waals surface area contributed by atoms with Crippen LogP contribution in [0.4, 0.5) is 0 Å². The van der Waals surface area contributed by atoms with Crippen molar-refractivity contribution >= 4 is 17.7 Å². The molecule has 6 rings (SSSR count). The Balaban J connectivity index is 1.04. The highest BCUT2D eigenvalue weighted by molar-refractivity contribution is 6.05. The second kappa shape index (κ2) is 11.2. The Morgan fingerprint density at radius 2 is 1.69 bits per heavy atom. The van der Waals surface area contributed by atoms with Crippen molar-refractivity contribution in [1.82, 2.24) is 15.1 Å². The van der Waals surface area contributed by atoms with Gasteiger partial charge in [0.2, 0.25) is 11.8 Å². The van der Waals surface area contributed by atoms with E-state index >= 15 is 0 Å². The molecular formula is C31H43N3O5. The highest BCUT2D eigenvalue weighted by Crippen LogP contribution is 2.40. The van der Waals surface area contributed by atoms with Gasteiger partial charge in [-0.25, -0.2) is 0 Å². The average molecular weight is 538 g/mol. The predicted octanol–water partition coefficient (Wildman–Crippen LogP) is 4.05. The van der Waals surface area contributed by atoms with Crippen LogP contribution in [0.5, 0.6) is 5.75 Å². The van der Waals surface area contributed by atoms with Crippen molar-refractivity contribution in [2.45, 2.75) is 115 Å². The number of ether oxygens (including phenoxy) is 2. The van der Waals surface area contributed by atoms with E-state index in [0.29, 0.717) is 36.8 Å². The lowest BCUT2D eigenvalue weighted by Gasteiger charge is -2.51. The number of amides is 3. The van der Waals surface area contributed by atoms with Gasteiger partial charge in [0.05, 0.1) is 12.2 Å². The first-order chi connectivity index (χ1) is 18.9. The van der Waals surface area contributed by atoms with Gasteiger partial charge in [-0.1, -0.05) is 6.42 Å². The molecule has 2 saturated carbocycles. The average Bonchev–Trinajstić information content (AvgIpc) is 3.20. The third kappa shape index (κ3) is 5.60. The van der Waals surface area contributed by atoms with Crippen LogP contribution in [0.15, 0.2) is 18.2 Å². The van der Waals surface area contributed by atoms with Gasteiger partial charge in [0, 0.05) is 37.7 Å². The fourth-order valence-corrected chi connectivity index (χ4v) is 7.63. The molecule has 3 aliphatic heterocycles. The summed E-state index contributed by atoms with van der Waals surface area (Å²) in [5.41, 5.74) is 1.53. The zero-order valence-corrected chi connectivity index (χ0v) is 23.4. The molecular weight excluding hydrogens is 494 g/mol. The molecule has 1 unspecified atom stereocenters. The van der Waals surface area contributed by atoms with Gasteiger partial charge in [0.1, 0.15) is 17.9 Å². The monoisotopic (exact) mass is 537 g/mol. The number of likely N-dealkylation sites (tertiary alicyclic amines) is 1. The van der Waals surface area contributed by atoms with Gasteiger partial charge >= 0.3 is 0 Å². The summed E-state index contributed by atoms with van der Waals surface area (Å²) in [4.78, 5) is 41.2. The quantitative estimate of drug-likeness (QED) is 0.528. The van der Waals surface area contributed by atoms with Crippen LogP contribution in [0.1, 0.15) is 94.0 Å². The minimum Gasteiger partial charge on any atom is -0.489 e. The number of imide groups is 1. The molecule has 0 bridgehead atoms. The van der Waals surface area contributed by atoms with Gasteiger partial charge in [-0.05, 0) is 101 Å². The van der Waals surface area contributed by atoms with Crippen LogP contribution < -0.4 is 10.1 Å². The summed E-state index contributed by atoms with van der Waals surface area (Å²) < 4.78 is 12.7. The highest BCUT2D eigenvalue weighted by atomic mass is 16.5. The van der Waals surface area contributed by atoms with Gasteiger partial charge in [-0.3, -0.25) is 24.6 Å². The molecule has 3 atom stereocenters. The topological polar surface area (TPSA) is 88.2 Å². The molecule has 0 radical (unpaired) electrons. The SMILES string of the molecule is CC(C)OC1CCC(C2CN([C@H]3CCCC[C@@H]3Oc3ccc4c(c3)CN(C3CCC(=O)NC3=O)C4=O)C2)CC1. The Labute approximate surface area is 231 Å². The molecule has 8 nitrogen and oxygen atoms in total. The smallest absolute Gasteiger partial charge is 0.255 e. The number of hydrogen-bond donors (Lipinski definition) is 1. The molecule has 1 aromatic carbocycles. The lowest BCUT2D eigenvalue weighted by molar-refractivity contribution is -0.136. The Morgan fingerprint density at radius 3 is 2.44 bits per heavy atom. The summed E-state index contributed by atoms with van der Waals surface area (Å²) in [5, 5.41) is 2.37. The molecule has 39 heavy (non-hydrogen) atoms. The number of nitrogens with zero attached hydrogens (tertiary/aromatic N) is 2. The second-order valence-corrected chi connectivity index (χ2v) is 12.7. The minimum atomic E-state index is -0.591. The van der Waals surface area contributed by atoms with Crippen LogP contribution in [0.25, 0.3) is 0 Å². The Morgan fingerprint density at radius 1 is 0.923 bits per heavy atom. The highest BCUT2D eigenvalue weighted by Gasteiger charge is 2.43. The summed E-state index contributed by atoms with van der Waals surface area (Å²) in [5.74, 6) is 1.66. The molecule has 4 fully saturated rings. The Bertz CT molecular complexity index is 1090. The molecule has 3 amide bonds. The molecule has 0 spiro atoms. The predicted molar refractivity (Wildman–Crippen MR) is 146 cm³/mol. The first-order valence-corrected chi connectivity index (χ1v) is 15.2. The zero-order chi connectivity index (χ0) is 27.1. The lowest BCUT2D eigenvalue weighted by Crippen LogP contribution is -2.59. The maximum absolute atomic E-state index is 13.0. The molecule has 2 aliphatic carbocycles. The first kappa shape index (κ1) is 26.8. The number of rotatable bonds is 7. The summed E-state index contributed by atoms with van der Waals surface area (Å²) >= 11 is 0.